The van der Waals surface area contributed by atoms with Crippen LogP contribution in [0, 0.1) is 0 Å². The highest BCUT2D eigenvalue weighted by Gasteiger charge is 2.20. The van der Waals surface area contributed by atoms with Crippen LogP contribution in [-0.4, -0.2) is 59.7 Å². The molecule has 0 aliphatic rings. The maximum Gasteiger partial charge on any atom is 0.265 e. The predicted octanol–water partition coefficient (Wildman–Crippen LogP) is 1.87. The van der Waals surface area contributed by atoms with Crippen molar-refractivity contribution in [3.8, 4) is 11.5 Å². The van der Waals surface area contributed by atoms with Gasteiger partial charge in [0, 0.05) is 19.2 Å². The van der Waals surface area contributed by atoms with Gasteiger partial charge in [0.05, 0.1) is 26.1 Å². The number of nitrogens with one attached hydrogen (secondary N) is 2. The Morgan fingerprint density at radius 2 is 1.88 bits per heavy atom. The van der Waals surface area contributed by atoms with Crippen molar-refractivity contribution in [2.45, 2.75) is 4.90 Å². The van der Waals surface area contributed by atoms with Gasteiger partial charge in [0.1, 0.15) is 22.2 Å². The molecule has 142 valence electrons. The van der Waals surface area contributed by atoms with Crippen LogP contribution in [0.2, 0.25) is 0 Å². The molecule has 1 heterocycles. The highest BCUT2D eigenvalue weighted by Crippen LogP contribution is 2.29. The summed E-state index contributed by atoms with van der Waals surface area (Å²) in [7, 11) is 3.06. The van der Waals surface area contributed by atoms with Gasteiger partial charge < -0.3 is 19.7 Å². The van der Waals surface area contributed by atoms with E-state index in [1.54, 1.807) is 18.2 Å². The Morgan fingerprint density at radius 3 is 2.46 bits per heavy atom. The van der Waals surface area contributed by atoms with Crippen LogP contribution in [0.1, 0.15) is 0 Å². The van der Waals surface area contributed by atoms with E-state index in [1.807, 2.05) is 14.1 Å². The van der Waals surface area contributed by atoms with Gasteiger partial charge in [-0.2, -0.15) is 0 Å². The first-order valence-corrected chi connectivity index (χ1v) is 9.43. The zero-order valence-electron chi connectivity index (χ0n) is 15.3. The van der Waals surface area contributed by atoms with Crippen molar-refractivity contribution in [1.82, 2.24) is 9.88 Å². The van der Waals surface area contributed by atoms with E-state index < -0.39 is 10.0 Å². The standard InChI is InChI=1S/C17H24N4O4S/c1-21(2)10-9-18-17-8-5-13(12-19-17)20-26(22,23)16-7-6-14(24-3)11-15(16)25-4/h5-8,11-12,20H,9-10H2,1-4H3,(H,18,19). The molecule has 0 bridgehead atoms. The molecular weight excluding hydrogens is 356 g/mol. The molecule has 2 rings (SSSR count). The second-order valence-corrected chi connectivity index (χ2v) is 7.44. The largest absolute Gasteiger partial charge is 0.497 e. The second kappa shape index (κ2) is 8.72. The average Bonchev–Trinajstić information content (AvgIpc) is 2.62. The van der Waals surface area contributed by atoms with E-state index in [2.05, 4.69) is 19.9 Å². The summed E-state index contributed by atoms with van der Waals surface area (Å²) >= 11 is 0. The zero-order chi connectivity index (χ0) is 19.2. The van der Waals surface area contributed by atoms with Crippen LogP contribution in [-0.2, 0) is 10.0 Å². The monoisotopic (exact) mass is 380 g/mol. The van der Waals surface area contributed by atoms with E-state index in [4.69, 9.17) is 9.47 Å². The molecular formula is C17H24N4O4S. The van der Waals surface area contributed by atoms with Crippen LogP contribution in [0.25, 0.3) is 0 Å². The lowest BCUT2D eigenvalue weighted by molar-refractivity contribution is 0.386. The summed E-state index contributed by atoms with van der Waals surface area (Å²) in [5.74, 6) is 1.39. The molecule has 0 amide bonds. The topological polar surface area (TPSA) is 92.8 Å². The molecule has 1 aromatic heterocycles. The molecule has 0 atom stereocenters. The van der Waals surface area contributed by atoms with Crippen molar-refractivity contribution < 1.29 is 17.9 Å². The van der Waals surface area contributed by atoms with Gasteiger partial charge in [-0.05, 0) is 38.4 Å². The molecule has 2 N–H and O–H groups in total. The second-order valence-electron chi connectivity index (χ2n) is 5.78. The van der Waals surface area contributed by atoms with Crippen LogP contribution in [0.4, 0.5) is 11.5 Å². The van der Waals surface area contributed by atoms with Crippen LogP contribution >= 0.6 is 0 Å². The third-order valence-corrected chi connectivity index (χ3v) is 4.96. The van der Waals surface area contributed by atoms with Crippen LogP contribution in [0.3, 0.4) is 0 Å². The molecule has 2 aromatic rings. The van der Waals surface area contributed by atoms with E-state index in [-0.39, 0.29) is 10.6 Å². The number of rotatable bonds is 9. The van der Waals surface area contributed by atoms with Crippen molar-refractivity contribution >= 4 is 21.5 Å². The molecule has 0 unspecified atom stereocenters. The van der Waals surface area contributed by atoms with Gasteiger partial charge in [0.25, 0.3) is 10.0 Å². The Kier molecular flexibility index (Phi) is 6.64. The molecule has 0 saturated carbocycles. The molecule has 9 heteroatoms. The van der Waals surface area contributed by atoms with Crippen LogP contribution in [0.5, 0.6) is 11.5 Å². The Morgan fingerprint density at radius 1 is 1.12 bits per heavy atom. The molecule has 8 nitrogen and oxygen atoms in total. The van der Waals surface area contributed by atoms with Gasteiger partial charge in [-0.3, -0.25) is 4.72 Å². The minimum Gasteiger partial charge on any atom is -0.497 e. The zero-order valence-corrected chi connectivity index (χ0v) is 16.1. The molecule has 1 aromatic carbocycles. The number of methoxy groups -OCH3 is 2. The summed E-state index contributed by atoms with van der Waals surface area (Å²) in [6, 6.07) is 7.89. The molecule has 0 aliphatic heterocycles. The van der Waals surface area contributed by atoms with E-state index in [1.165, 1.54) is 32.5 Å². The lowest BCUT2D eigenvalue weighted by Crippen LogP contribution is -2.21. The number of hydrogen-bond donors (Lipinski definition) is 2. The number of sulfonamides is 1. The van der Waals surface area contributed by atoms with E-state index in [9.17, 15) is 8.42 Å². The number of likely N-dealkylation sites (N-methyl/N-ethyl adjacent to an activating group) is 1. The molecule has 0 fully saturated rings. The minimum atomic E-state index is -3.82. The van der Waals surface area contributed by atoms with Gasteiger partial charge in [0.2, 0.25) is 0 Å². The Hall–Kier alpha value is -2.52. The van der Waals surface area contributed by atoms with Crippen molar-refractivity contribution in [3.05, 3.63) is 36.5 Å². The number of hydrogen-bond acceptors (Lipinski definition) is 7. The number of pyridine rings is 1. The van der Waals surface area contributed by atoms with Crippen molar-refractivity contribution in [3.63, 3.8) is 0 Å². The number of ether oxygens (including phenoxy) is 2. The Balaban J connectivity index is 2.12. The fraction of sp³-hybridized carbons (Fsp3) is 0.353. The van der Waals surface area contributed by atoms with Gasteiger partial charge in [-0.15, -0.1) is 0 Å². The molecule has 0 radical (unpaired) electrons. The third kappa shape index (κ3) is 5.24. The Bertz CT molecular complexity index is 823. The van der Waals surface area contributed by atoms with Crippen molar-refractivity contribution in [1.29, 1.82) is 0 Å². The lowest BCUT2D eigenvalue weighted by atomic mass is 10.3. The SMILES string of the molecule is COc1ccc(S(=O)(=O)Nc2ccc(NCCN(C)C)nc2)c(OC)c1. The molecule has 0 spiro atoms. The molecule has 0 aliphatic carbocycles. The van der Waals surface area contributed by atoms with Gasteiger partial charge in [0.15, 0.2) is 0 Å². The van der Waals surface area contributed by atoms with E-state index in [0.29, 0.717) is 17.3 Å². The number of aromatic nitrogens is 1. The highest BCUT2D eigenvalue weighted by atomic mass is 32.2. The maximum absolute atomic E-state index is 12.6. The predicted molar refractivity (Wildman–Crippen MR) is 102 cm³/mol. The summed E-state index contributed by atoms with van der Waals surface area (Å²) < 4.78 is 38.0. The normalized spacial score (nSPS) is 11.3. The van der Waals surface area contributed by atoms with E-state index >= 15 is 0 Å². The quantitative estimate of drug-likeness (QED) is 0.686. The summed E-state index contributed by atoms with van der Waals surface area (Å²) in [5.41, 5.74) is 0.362. The first kappa shape index (κ1) is 19.8. The summed E-state index contributed by atoms with van der Waals surface area (Å²) in [6.07, 6.45) is 1.46. The van der Waals surface area contributed by atoms with Crippen LogP contribution in [0.15, 0.2) is 41.4 Å². The first-order valence-electron chi connectivity index (χ1n) is 7.95. The minimum absolute atomic E-state index is 0.0222. The fourth-order valence-electron chi connectivity index (χ4n) is 2.17. The van der Waals surface area contributed by atoms with Gasteiger partial charge >= 0.3 is 0 Å². The van der Waals surface area contributed by atoms with Gasteiger partial charge in [-0.1, -0.05) is 0 Å². The van der Waals surface area contributed by atoms with Crippen molar-refractivity contribution in [2.75, 3.05) is 51.4 Å². The third-order valence-electron chi connectivity index (χ3n) is 3.54. The summed E-state index contributed by atoms with van der Waals surface area (Å²) in [4.78, 5) is 6.29. The highest BCUT2D eigenvalue weighted by molar-refractivity contribution is 7.92. The first-order chi connectivity index (χ1) is 12.4. The van der Waals surface area contributed by atoms with E-state index in [0.717, 1.165) is 13.1 Å². The van der Waals surface area contributed by atoms with Crippen LogP contribution < -0.4 is 19.5 Å². The number of benzene rings is 1. The molecule has 26 heavy (non-hydrogen) atoms. The maximum atomic E-state index is 12.6. The summed E-state index contributed by atoms with van der Waals surface area (Å²) in [6.45, 7) is 1.61. The number of anilines is 2. The number of nitrogens with zero attached hydrogens (tertiary/aromatic N) is 2. The summed E-state index contributed by atoms with van der Waals surface area (Å²) in [5, 5.41) is 3.16. The van der Waals surface area contributed by atoms with Gasteiger partial charge in [-0.25, -0.2) is 13.4 Å². The fourth-order valence-corrected chi connectivity index (χ4v) is 3.37. The average molecular weight is 380 g/mol. The Labute approximate surface area is 154 Å². The molecule has 0 saturated heterocycles. The smallest absolute Gasteiger partial charge is 0.265 e. The lowest BCUT2D eigenvalue weighted by Gasteiger charge is -2.13. The van der Waals surface area contributed by atoms with Crippen molar-refractivity contribution in [2.24, 2.45) is 0 Å².